The molecule has 0 radical (unpaired) electrons. The first-order chi connectivity index (χ1) is 9.13. The second-order valence-electron chi connectivity index (χ2n) is 4.61. The van der Waals surface area contributed by atoms with Crippen molar-refractivity contribution >= 4 is 34.8 Å². The van der Waals surface area contributed by atoms with Gasteiger partial charge in [0.05, 0.1) is 0 Å². The zero-order chi connectivity index (χ0) is 13.4. The van der Waals surface area contributed by atoms with Gasteiger partial charge in [-0.3, -0.25) is 4.79 Å². The molecule has 0 saturated carbocycles. The molecule has 3 rings (SSSR count). The fourth-order valence-corrected chi connectivity index (χ4v) is 2.31. The van der Waals surface area contributed by atoms with Crippen LogP contribution in [-0.2, 0) is 4.79 Å². The standard InChI is InChI=1S/C16H12ClNO/c1-10-2-4-11(5-3-10)8-14-13-9-12(17)6-7-15(13)18-16(14)19/h2-9H,1H3,(H,18,19). The van der Waals surface area contributed by atoms with Crippen LogP contribution in [0.5, 0.6) is 0 Å². The predicted octanol–water partition coefficient (Wildman–Crippen LogP) is 4.14. The lowest BCUT2D eigenvalue weighted by molar-refractivity contribution is -0.110. The van der Waals surface area contributed by atoms with Crippen LogP contribution in [0.15, 0.2) is 42.5 Å². The van der Waals surface area contributed by atoms with E-state index in [4.69, 9.17) is 11.6 Å². The van der Waals surface area contributed by atoms with E-state index in [0.717, 1.165) is 16.8 Å². The minimum atomic E-state index is -0.0853. The molecule has 2 aromatic rings. The third-order valence-electron chi connectivity index (χ3n) is 3.15. The fraction of sp³-hybridized carbons (Fsp3) is 0.0625. The van der Waals surface area contributed by atoms with Crippen LogP contribution in [0.4, 0.5) is 5.69 Å². The highest BCUT2D eigenvalue weighted by Gasteiger charge is 2.23. The number of benzene rings is 2. The van der Waals surface area contributed by atoms with Crippen molar-refractivity contribution in [3.63, 3.8) is 0 Å². The lowest BCUT2D eigenvalue weighted by Gasteiger charge is -2.00. The zero-order valence-electron chi connectivity index (χ0n) is 10.4. The first-order valence-corrected chi connectivity index (χ1v) is 6.41. The second-order valence-corrected chi connectivity index (χ2v) is 5.05. The monoisotopic (exact) mass is 269 g/mol. The number of nitrogens with one attached hydrogen (secondary N) is 1. The van der Waals surface area contributed by atoms with Crippen molar-refractivity contribution in [1.29, 1.82) is 0 Å². The van der Waals surface area contributed by atoms with Crippen LogP contribution >= 0.6 is 11.6 Å². The van der Waals surface area contributed by atoms with Crippen molar-refractivity contribution in [3.8, 4) is 0 Å². The highest BCUT2D eigenvalue weighted by atomic mass is 35.5. The average molecular weight is 270 g/mol. The highest BCUT2D eigenvalue weighted by molar-refractivity contribution is 6.36. The topological polar surface area (TPSA) is 29.1 Å². The summed E-state index contributed by atoms with van der Waals surface area (Å²) in [7, 11) is 0. The molecular formula is C16H12ClNO. The number of anilines is 1. The van der Waals surface area contributed by atoms with E-state index in [0.29, 0.717) is 10.6 Å². The Labute approximate surface area is 116 Å². The molecule has 2 aromatic carbocycles. The fourth-order valence-electron chi connectivity index (χ4n) is 2.13. The molecule has 0 atom stereocenters. The number of carbonyl (C=O) groups is 1. The Balaban J connectivity index is 2.08. The maximum absolute atomic E-state index is 12.0. The molecule has 94 valence electrons. The Bertz CT molecular complexity index is 686. The smallest absolute Gasteiger partial charge is 0.256 e. The average Bonchev–Trinajstić information content (AvgIpc) is 2.69. The quantitative estimate of drug-likeness (QED) is 0.775. The van der Waals surface area contributed by atoms with Crippen LogP contribution in [0.3, 0.4) is 0 Å². The van der Waals surface area contributed by atoms with E-state index in [2.05, 4.69) is 5.32 Å². The Morgan fingerprint density at radius 3 is 2.58 bits per heavy atom. The van der Waals surface area contributed by atoms with Gasteiger partial charge in [-0.2, -0.15) is 0 Å². The first kappa shape index (κ1) is 12.0. The molecule has 0 aliphatic carbocycles. The molecule has 1 aliphatic rings. The van der Waals surface area contributed by atoms with E-state index in [9.17, 15) is 4.79 Å². The third kappa shape index (κ3) is 2.27. The van der Waals surface area contributed by atoms with E-state index in [1.807, 2.05) is 49.4 Å². The van der Waals surface area contributed by atoms with Crippen molar-refractivity contribution in [2.24, 2.45) is 0 Å². The van der Waals surface area contributed by atoms with Crippen LogP contribution in [0.2, 0.25) is 5.02 Å². The summed E-state index contributed by atoms with van der Waals surface area (Å²) in [6.45, 7) is 2.04. The maximum Gasteiger partial charge on any atom is 0.256 e. The predicted molar refractivity (Wildman–Crippen MR) is 79.1 cm³/mol. The molecule has 3 heteroatoms. The Kier molecular flexibility index (Phi) is 2.88. The minimum absolute atomic E-state index is 0.0853. The van der Waals surface area contributed by atoms with Crippen molar-refractivity contribution in [3.05, 3.63) is 64.2 Å². The molecule has 0 unspecified atom stereocenters. The molecule has 0 aromatic heterocycles. The summed E-state index contributed by atoms with van der Waals surface area (Å²) in [6.07, 6.45) is 1.89. The van der Waals surface area contributed by atoms with E-state index < -0.39 is 0 Å². The summed E-state index contributed by atoms with van der Waals surface area (Å²) in [6, 6.07) is 13.5. The number of amides is 1. The molecule has 1 heterocycles. The van der Waals surface area contributed by atoms with Crippen LogP contribution in [0.1, 0.15) is 16.7 Å². The molecule has 1 N–H and O–H groups in total. The van der Waals surface area contributed by atoms with Gasteiger partial charge in [-0.05, 0) is 36.8 Å². The Morgan fingerprint density at radius 1 is 1.11 bits per heavy atom. The van der Waals surface area contributed by atoms with Gasteiger partial charge in [0.2, 0.25) is 0 Å². The van der Waals surface area contributed by atoms with Gasteiger partial charge in [0.15, 0.2) is 0 Å². The number of hydrogen-bond acceptors (Lipinski definition) is 1. The number of fused-ring (bicyclic) bond motifs is 1. The molecule has 0 spiro atoms. The van der Waals surface area contributed by atoms with Crippen LogP contribution in [-0.4, -0.2) is 5.91 Å². The lowest BCUT2D eigenvalue weighted by atomic mass is 10.0. The number of rotatable bonds is 1. The summed E-state index contributed by atoms with van der Waals surface area (Å²) in [5.41, 5.74) is 4.53. The molecule has 19 heavy (non-hydrogen) atoms. The largest absolute Gasteiger partial charge is 0.321 e. The first-order valence-electron chi connectivity index (χ1n) is 6.03. The number of aryl methyl sites for hydroxylation is 1. The third-order valence-corrected chi connectivity index (χ3v) is 3.39. The summed E-state index contributed by atoms with van der Waals surface area (Å²) in [5.74, 6) is -0.0853. The van der Waals surface area contributed by atoms with E-state index >= 15 is 0 Å². The van der Waals surface area contributed by atoms with Crippen molar-refractivity contribution in [2.75, 3.05) is 5.32 Å². The van der Waals surface area contributed by atoms with Gasteiger partial charge in [-0.1, -0.05) is 41.4 Å². The van der Waals surface area contributed by atoms with Gasteiger partial charge < -0.3 is 5.32 Å². The van der Waals surface area contributed by atoms with Crippen molar-refractivity contribution in [2.45, 2.75) is 6.92 Å². The number of carbonyl (C=O) groups excluding carboxylic acids is 1. The van der Waals surface area contributed by atoms with Crippen LogP contribution in [0.25, 0.3) is 11.6 Å². The lowest BCUT2D eigenvalue weighted by Crippen LogP contribution is -2.03. The summed E-state index contributed by atoms with van der Waals surface area (Å²) in [5, 5.41) is 3.47. The van der Waals surface area contributed by atoms with Crippen LogP contribution in [0, 0.1) is 6.92 Å². The minimum Gasteiger partial charge on any atom is -0.321 e. The molecule has 1 aliphatic heterocycles. The van der Waals surface area contributed by atoms with Gasteiger partial charge in [0.1, 0.15) is 0 Å². The van der Waals surface area contributed by atoms with Gasteiger partial charge in [0.25, 0.3) is 5.91 Å². The van der Waals surface area contributed by atoms with Gasteiger partial charge in [-0.25, -0.2) is 0 Å². The van der Waals surface area contributed by atoms with E-state index in [-0.39, 0.29) is 5.91 Å². The second kappa shape index (κ2) is 4.56. The summed E-state index contributed by atoms with van der Waals surface area (Å²) < 4.78 is 0. The molecule has 0 saturated heterocycles. The van der Waals surface area contributed by atoms with Crippen molar-refractivity contribution in [1.82, 2.24) is 0 Å². The molecule has 2 nitrogen and oxygen atoms in total. The van der Waals surface area contributed by atoms with E-state index in [1.165, 1.54) is 5.56 Å². The Morgan fingerprint density at radius 2 is 1.84 bits per heavy atom. The van der Waals surface area contributed by atoms with Crippen molar-refractivity contribution < 1.29 is 4.79 Å². The zero-order valence-corrected chi connectivity index (χ0v) is 11.2. The normalized spacial score (nSPS) is 15.5. The SMILES string of the molecule is Cc1ccc(C=C2C(=O)Nc3ccc(Cl)cc32)cc1. The van der Waals surface area contributed by atoms with Gasteiger partial charge >= 0.3 is 0 Å². The van der Waals surface area contributed by atoms with Gasteiger partial charge in [0, 0.05) is 21.8 Å². The number of hydrogen-bond donors (Lipinski definition) is 1. The van der Waals surface area contributed by atoms with E-state index in [1.54, 1.807) is 6.07 Å². The molecule has 0 bridgehead atoms. The van der Waals surface area contributed by atoms with Gasteiger partial charge in [-0.15, -0.1) is 0 Å². The highest BCUT2D eigenvalue weighted by Crippen LogP contribution is 2.34. The number of halogens is 1. The molecular weight excluding hydrogens is 258 g/mol. The maximum atomic E-state index is 12.0. The molecule has 1 amide bonds. The Hall–Kier alpha value is -2.06. The molecule has 0 fully saturated rings. The summed E-state index contributed by atoms with van der Waals surface area (Å²) >= 11 is 5.99. The summed E-state index contributed by atoms with van der Waals surface area (Å²) in [4.78, 5) is 12.0. The van der Waals surface area contributed by atoms with Crippen LogP contribution < -0.4 is 5.32 Å².